The Labute approximate surface area is 124 Å². The first kappa shape index (κ1) is 13.9. The molecule has 4 nitrogen and oxygen atoms in total. The molecular weight excluding hydrogens is 272 g/mol. The van der Waals surface area contributed by atoms with Gasteiger partial charge in [0.15, 0.2) is 0 Å². The summed E-state index contributed by atoms with van der Waals surface area (Å²) < 4.78 is 7.53. The van der Waals surface area contributed by atoms with E-state index < -0.39 is 0 Å². The molecule has 1 aromatic rings. The summed E-state index contributed by atoms with van der Waals surface area (Å²) in [6, 6.07) is 3.98. The van der Waals surface area contributed by atoms with Crippen LogP contribution in [-0.2, 0) is 4.79 Å². The van der Waals surface area contributed by atoms with Crippen LogP contribution in [0.15, 0.2) is 17.0 Å². The lowest BCUT2D eigenvalue weighted by Crippen LogP contribution is -2.45. The number of aromatic nitrogens is 1. The molecule has 1 spiro atoms. The molecule has 0 radical (unpaired) electrons. The normalized spacial score (nSPS) is 21.8. The topological polar surface area (TPSA) is 42.4 Å². The molecular formula is C15H20N2O2S. The Morgan fingerprint density at radius 2 is 2.00 bits per heavy atom. The van der Waals surface area contributed by atoms with Gasteiger partial charge in [0.05, 0.1) is 12.8 Å². The summed E-state index contributed by atoms with van der Waals surface area (Å²) in [5.41, 5.74) is 1.36. The van der Waals surface area contributed by atoms with Gasteiger partial charge in [0.25, 0.3) is 0 Å². The number of ketones is 1. The van der Waals surface area contributed by atoms with Crippen molar-refractivity contribution in [3.63, 3.8) is 0 Å². The zero-order valence-electron chi connectivity index (χ0n) is 12.0. The minimum atomic E-state index is 0.349. The molecule has 1 aliphatic carbocycles. The standard InChI is InChI=1S/C15H20N2O2S/c1-11-13(3-4-14(16-11)19-2)20-17-7-5-15(6-8-17)9-12(18)10-15/h3-4H,5-10H2,1-2H3. The third-order valence-electron chi connectivity index (χ3n) is 4.38. The quantitative estimate of drug-likeness (QED) is 0.801. The Bertz CT molecular complexity index is 515. The Morgan fingerprint density at radius 1 is 1.30 bits per heavy atom. The maximum atomic E-state index is 11.2. The number of ether oxygens (including phenoxy) is 1. The average Bonchev–Trinajstić information content (AvgIpc) is 2.42. The Kier molecular flexibility index (Phi) is 3.73. The monoisotopic (exact) mass is 292 g/mol. The predicted molar refractivity (Wildman–Crippen MR) is 78.9 cm³/mol. The number of carbonyl (C=O) groups is 1. The Morgan fingerprint density at radius 3 is 2.55 bits per heavy atom. The van der Waals surface area contributed by atoms with E-state index in [-0.39, 0.29) is 0 Å². The molecule has 108 valence electrons. The van der Waals surface area contributed by atoms with Crippen molar-refractivity contribution in [2.75, 3.05) is 20.2 Å². The number of rotatable bonds is 3. The Hall–Kier alpha value is -1.07. The van der Waals surface area contributed by atoms with Gasteiger partial charge in [-0.1, -0.05) is 0 Å². The number of hydrogen-bond acceptors (Lipinski definition) is 5. The Balaban J connectivity index is 1.58. The van der Waals surface area contributed by atoms with Crippen molar-refractivity contribution >= 4 is 17.7 Å². The van der Waals surface area contributed by atoms with Crippen LogP contribution in [0.5, 0.6) is 5.88 Å². The van der Waals surface area contributed by atoms with Crippen LogP contribution in [0.1, 0.15) is 31.4 Å². The maximum Gasteiger partial charge on any atom is 0.213 e. The third kappa shape index (κ3) is 2.69. The molecule has 1 aromatic heterocycles. The van der Waals surface area contributed by atoms with Crippen molar-refractivity contribution in [3.05, 3.63) is 17.8 Å². The van der Waals surface area contributed by atoms with Crippen molar-refractivity contribution in [2.24, 2.45) is 5.41 Å². The summed E-state index contributed by atoms with van der Waals surface area (Å²) in [5, 5.41) is 0. The molecule has 0 amide bonds. The highest BCUT2D eigenvalue weighted by atomic mass is 32.2. The number of carbonyl (C=O) groups excluding carboxylic acids is 1. The molecule has 1 saturated carbocycles. The largest absolute Gasteiger partial charge is 0.481 e. The first-order valence-corrected chi connectivity index (χ1v) is 7.84. The molecule has 0 unspecified atom stereocenters. The van der Waals surface area contributed by atoms with E-state index >= 15 is 0 Å². The number of Topliss-reactive ketones (excluding diaryl/α,β-unsaturated/α-hetero) is 1. The lowest BCUT2D eigenvalue weighted by atomic mass is 9.63. The zero-order valence-corrected chi connectivity index (χ0v) is 12.8. The summed E-state index contributed by atoms with van der Waals surface area (Å²) in [7, 11) is 1.64. The van der Waals surface area contributed by atoms with Crippen LogP contribution in [0, 0.1) is 12.3 Å². The minimum Gasteiger partial charge on any atom is -0.481 e. The van der Waals surface area contributed by atoms with Gasteiger partial charge in [-0.2, -0.15) is 0 Å². The number of hydrogen-bond donors (Lipinski definition) is 0. The van der Waals surface area contributed by atoms with Crippen molar-refractivity contribution < 1.29 is 9.53 Å². The maximum absolute atomic E-state index is 11.2. The smallest absolute Gasteiger partial charge is 0.213 e. The summed E-state index contributed by atoms with van der Waals surface area (Å²) in [6.45, 7) is 4.13. The van der Waals surface area contributed by atoms with E-state index in [1.165, 1.54) is 4.90 Å². The molecule has 1 aliphatic heterocycles. The highest BCUT2D eigenvalue weighted by molar-refractivity contribution is 7.97. The van der Waals surface area contributed by atoms with Crippen molar-refractivity contribution in [1.82, 2.24) is 9.29 Å². The van der Waals surface area contributed by atoms with Crippen molar-refractivity contribution in [2.45, 2.75) is 37.5 Å². The van der Waals surface area contributed by atoms with E-state index in [9.17, 15) is 4.79 Å². The fourth-order valence-corrected chi connectivity index (χ4v) is 4.01. The van der Waals surface area contributed by atoms with E-state index in [0.29, 0.717) is 17.1 Å². The fourth-order valence-electron chi connectivity index (χ4n) is 3.06. The van der Waals surface area contributed by atoms with Gasteiger partial charge in [0.2, 0.25) is 5.88 Å². The van der Waals surface area contributed by atoms with E-state index in [2.05, 4.69) is 15.4 Å². The van der Waals surface area contributed by atoms with E-state index in [1.54, 1.807) is 19.1 Å². The number of aryl methyl sites for hydroxylation is 1. The highest BCUT2D eigenvalue weighted by Crippen LogP contribution is 2.48. The average molecular weight is 292 g/mol. The lowest BCUT2D eigenvalue weighted by molar-refractivity contribution is -0.134. The van der Waals surface area contributed by atoms with Crippen LogP contribution >= 0.6 is 11.9 Å². The molecule has 2 heterocycles. The lowest BCUT2D eigenvalue weighted by Gasteiger charge is -2.46. The van der Waals surface area contributed by atoms with Gasteiger partial charge in [-0.3, -0.25) is 4.79 Å². The van der Waals surface area contributed by atoms with E-state index in [0.717, 1.165) is 44.5 Å². The van der Waals surface area contributed by atoms with Crippen LogP contribution in [0.25, 0.3) is 0 Å². The van der Waals surface area contributed by atoms with E-state index in [4.69, 9.17) is 4.74 Å². The van der Waals surface area contributed by atoms with Crippen molar-refractivity contribution in [1.29, 1.82) is 0 Å². The molecule has 0 atom stereocenters. The van der Waals surface area contributed by atoms with Crippen LogP contribution in [-0.4, -0.2) is 35.3 Å². The molecule has 5 heteroatoms. The molecule has 0 bridgehead atoms. The van der Waals surface area contributed by atoms with Crippen molar-refractivity contribution in [3.8, 4) is 5.88 Å². The van der Waals surface area contributed by atoms with Crippen LogP contribution in [0.4, 0.5) is 0 Å². The van der Waals surface area contributed by atoms with Gasteiger partial charge < -0.3 is 4.74 Å². The summed E-state index contributed by atoms with van der Waals surface area (Å²) in [5.74, 6) is 1.11. The highest BCUT2D eigenvalue weighted by Gasteiger charge is 2.45. The number of piperidine rings is 1. The summed E-state index contributed by atoms with van der Waals surface area (Å²) >= 11 is 1.78. The van der Waals surface area contributed by atoms with Gasteiger partial charge in [-0.05, 0) is 43.2 Å². The van der Waals surface area contributed by atoms with Gasteiger partial charge in [0, 0.05) is 36.9 Å². The first-order valence-electron chi connectivity index (χ1n) is 7.06. The molecule has 0 aromatic carbocycles. The molecule has 0 N–H and O–H groups in total. The van der Waals surface area contributed by atoms with Gasteiger partial charge in [-0.15, -0.1) is 0 Å². The number of methoxy groups -OCH3 is 1. The molecule has 2 fully saturated rings. The second-order valence-electron chi connectivity index (χ2n) is 5.85. The van der Waals surface area contributed by atoms with E-state index in [1.807, 2.05) is 13.0 Å². The second kappa shape index (κ2) is 5.37. The summed E-state index contributed by atoms with van der Waals surface area (Å²) in [4.78, 5) is 16.8. The second-order valence-corrected chi connectivity index (χ2v) is 6.99. The zero-order chi connectivity index (χ0) is 14.2. The third-order valence-corrected chi connectivity index (χ3v) is 5.63. The molecule has 20 heavy (non-hydrogen) atoms. The molecule has 1 saturated heterocycles. The van der Waals surface area contributed by atoms with Gasteiger partial charge in [-0.25, -0.2) is 9.29 Å². The first-order chi connectivity index (χ1) is 9.60. The van der Waals surface area contributed by atoms with Crippen LogP contribution in [0.2, 0.25) is 0 Å². The molecule has 2 aliphatic rings. The fraction of sp³-hybridized carbons (Fsp3) is 0.600. The summed E-state index contributed by atoms with van der Waals surface area (Å²) in [6.07, 6.45) is 3.92. The molecule has 3 rings (SSSR count). The van der Waals surface area contributed by atoms with Crippen LogP contribution < -0.4 is 4.74 Å². The minimum absolute atomic E-state index is 0.349. The predicted octanol–water partition coefficient (Wildman–Crippen LogP) is 2.85. The van der Waals surface area contributed by atoms with Gasteiger partial charge in [0.1, 0.15) is 5.78 Å². The number of nitrogens with zero attached hydrogens (tertiary/aromatic N) is 2. The SMILES string of the molecule is COc1ccc(SN2CCC3(CC2)CC(=O)C3)c(C)n1. The van der Waals surface area contributed by atoms with Crippen LogP contribution in [0.3, 0.4) is 0 Å². The number of pyridine rings is 1. The van der Waals surface area contributed by atoms with Gasteiger partial charge >= 0.3 is 0 Å².